The number of nitrogens with one attached hydrogen (secondary N) is 3. The van der Waals surface area contributed by atoms with Gasteiger partial charge in [0.05, 0.1) is 12.6 Å². The Kier molecular flexibility index (Phi) is 9.04. The van der Waals surface area contributed by atoms with Crippen LogP contribution in [0.5, 0.6) is 0 Å². The van der Waals surface area contributed by atoms with E-state index in [0.29, 0.717) is 6.54 Å². The quantitative estimate of drug-likeness (QED) is 0.717. The molecular weight excluding hydrogens is 364 g/mol. The number of nitrogens with zero attached hydrogens (tertiary/aromatic N) is 1. The second kappa shape index (κ2) is 11.3. The van der Waals surface area contributed by atoms with Gasteiger partial charge in [0.2, 0.25) is 11.8 Å². The minimum atomic E-state index is -0.0906. The second-order valence-electron chi connectivity index (χ2n) is 7.31. The third-order valence-corrected chi connectivity index (χ3v) is 5.13. The smallest absolute Gasteiger partial charge is 0.241 e. The standard InChI is InChI=1S/C20H30N4O2.ClH/c25-19(15-24-13-4-2-1-3-5-14-24)22-16-8-10-17(11-9-16)23-20(26)18-7-6-12-21-18;/h8-11,18,21H,1-7,12-15H2,(H,22,25)(H,23,26);1H. The zero-order valence-corrected chi connectivity index (χ0v) is 16.7. The van der Waals surface area contributed by atoms with Crippen molar-refractivity contribution in [2.24, 2.45) is 0 Å². The summed E-state index contributed by atoms with van der Waals surface area (Å²) >= 11 is 0. The van der Waals surface area contributed by atoms with Gasteiger partial charge in [0.15, 0.2) is 0 Å². The molecule has 2 heterocycles. The highest BCUT2D eigenvalue weighted by molar-refractivity contribution is 5.96. The molecule has 27 heavy (non-hydrogen) atoms. The molecule has 2 saturated heterocycles. The number of benzene rings is 1. The number of hydrogen-bond donors (Lipinski definition) is 3. The predicted octanol–water partition coefficient (Wildman–Crippen LogP) is 3.00. The second-order valence-corrected chi connectivity index (χ2v) is 7.31. The lowest BCUT2D eigenvalue weighted by Gasteiger charge is -2.23. The third-order valence-electron chi connectivity index (χ3n) is 5.13. The van der Waals surface area contributed by atoms with Crippen LogP contribution in [-0.4, -0.2) is 48.9 Å². The average Bonchev–Trinajstić information content (AvgIpc) is 3.14. The summed E-state index contributed by atoms with van der Waals surface area (Å²) < 4.78 is 0. The van der Waals surface area contributed by atoms with Gasteiger partial charge in [0.25, 0.3) is 0 Å². The van der Waals surface area contributed by atoms with Gasteiger partial charge in [-0.15, -0.1) is 12.4 Å². The summed E-state index contributed by atoms with van der Waals surface area (Å²) in [6.45, 7) is 3.37. The molecule has 2 aliphatic heterocycles. The van der Waals surface area contributed by atoms with Gasteiger partial charge in [-0.25, -0.2) is 0 Å². The molecule has 0 aromatic heterocycles. The molecule has 2 fully saturated rings. The molecule has 7 heteroatoms. The van der Waals surface area contributed by atoms with E-state index in [1.807, 2.05) is 24.3 Å². The first kappa shape index (κ1) is 21.7. The Hall–Kier alpha value is -1.63. The number of amides is 2. The normalized spacial score (nSPS) is 20.8. The van der Waals surface area contributed by atoms with Crippen LogP contribution in [0.2, 0.25) is 0 Å². The fraction of sp³-hybridized carbons (Fsp3) is 0.600. The maximum Gasteiger partial charge on any atom is 0.241 e. The number of halogens is 1. The summed E-state index contributed by atoms with van der Waals surface area (Å²) in [7, 11) is 0. The first-order valence-electron chi connectivity index (χ1n) is 9.87. The summed E-state index contributed by atoms with van der Waals surface area (Å²) in [6.07, 6.45) is 8.13. The van der Waals surface area contributed by atoms with Gasteiger partial charge < -0.3 is 16.0 Å². The van der Waals surface area contributed by atoms with E-state index in [0.717, 1.165) is 43.9 Å². The SMILES string of the molecule is Cl.O=C(CN1CCCCCCC1)Nc1ccc(NC(=O)C2CCCN2)cc1. The minimum Gasteiger partial charge on any atom is -0.325 e. The van der Waals surface area contributed by atoms with E-state index in [1.165, 1.54) is 32.1 Å². The van der Waals surface area contributed by atoms with Gasteiger partial charge in [-0.2, -0.15) is 0 Å². The maximum absolute atomic E-state index is 12.3. The van der Waals surface area contributed by atoms with Crippen molar-refractivity contribution in [3.8, 4) is 0 Å². The first-order chi connectivity index (χ1) is 12.7. The molecular formula is C20H31ClN4O2. The molecule has 150 valence electrons. The van der Waals surface area contributed by atoms with Crippen molar-refractivity contribution >= 4 is 35.6 Å². The van der Waals surface area contributed by atoms with Crippen LogP contribution in [-0.2, 0) is 9.59 Å². The largest absolute Gasteiger partial charge is 0.325 e. The number of rotatable bonds is 5. The molecule has 0 saturated carbocycles. The Balaban J connectivity index is 0.00000261. The van der Waals surface area contributed by atoms with Crippen molar-refractivity contribution in [2.45, 2.75) is 51.0 Å². The van der Waals surface area contributed by atoms with Crippen LogP contribution >= 0.6 is 12.4 Å². The average molecular weight is 395 g/mol. The van der Waals surface area contributed by atoms with Crippen LogP contribution < -0.4 is 16.0 Å². The lowest BCUT2D eigenvalue weighted by molar-refractivity contribution is -0.118. The predicted molar refractivity (Wildman–Crippen MR) is 111 cm³/mol. The fourth-order valence-corrected chi connectivity index (χ4v) is 3.65. The van der Waals surface area contributed by atoms with E-state index in [1.54, 1.807) is 0 Å². The molecule has 2 aliphatic rings. The molecule has 0 radical (unpaired) electrons. The van der Waals surface area contributed by atoms with Crippen LogP contribution in [0.15, 0.2) is 24.3 Å². The number of carbonyl (C=O) groups is 2. The Morgan fingerprint density at radius 1 is 0.926 bits per heavy atom. The first-order valence-corrected chi connectivity index (χ1v) is 9.87. The molecule has 1 unspecified atom stereocenters. The van der Waals surface area contributed by atoms with Gasteiger partial charge in [-0.3, -0.25) is 14.5 Å². The van der Waals surface area contributed by atoms with Crippen LogP contribution in [0.4, 0.5) is 11.4 Å². The maximum atomic E-state index is 12.3. The number of carbonyl (C=O) groups excluding carboxylic acids is 2. The van der Waals surface area contributed by atoms with Crippen LogP contribution in [0.3, 0.4) is 0 Å². The highest BCUT2D eigenvalue weighted by Crippen LogP contribution is 2.16. The molecule has 6 nitrogen and oxygen atoms in total. The van der Waals surface area contributed by atoms with Crippen molar-refractivity contribution in [1.82, 2.24) is 10.2 Å². The Morgan fingerprint density at radius 2 is 1.52 bits per heavy atom. The Morgan fingerprint density at radius 3 is 2.11 bits per heavy atom. The van der Waals surface area contributed by atoms with Gasteiger partial charge in [0, 0.05) is 11.4 Å². The molecule has 1 atom stereocenters. The summed E-state index contributed by atoms with van der Waals surface area (Å²) in [6, 6.07) is 7.25. The van der Waals surface area contributed by atoms with E-state index in [4.69, 9.17) is 0 Å². The lowest BCUT2D eigenvalue weighted by Crippen LogP contribution is -2.35. The minimum absolute atomic E-state index is 0. The summed E-state index contributed by atoms with van der Waals surface area (Å²) in [4.78, 5) is 26.6. The molecule has 1 aromatic rings. The van der Waals surface area contributed by atoms with E-state index in [9.17, 15) is 9.59 Å². The lowest BCUT2D eigenvalue weighted by atomic mass is 10.1. The third kappa shape index (κ3) is 7.13. The number of hydrogen-bond acceptors (Lipinski definition) is 4. The fourth-order valence-electron chi connectivity index (χ4n) is 3.65. The zero-order valence-electron chi connectivity index (χ0n) is 15.8. The molecule has 1 aromatic carbocycles. The summed E-state index contributed by atoms with van der Waals surface area (Å²) in [5.41, 5.74) is 1.52. The Bertz CT molecular complexity index is 595. The number of anilines is 2. The molecule has 0 spiro atoms. The van der Waals surface area contributed by atoms with E-state index < -0.39 is 0 Å². The van der Waals surface area contributed by atoms with Gasteiger partial charge in [0.1, 0.15) is 0 Å². The monoisotopic (exact) mass is 394 g/mol. The van der Waals surface area contributed by atoms with Crippen LogP contribution in [0.25, 0.3) is 0 Å². The topological polar surface area (TPSA) is 73.5 Å². The van der Waals surface area contributed by atoms with Gasteiger partial charge in [-0.1, -0.05) is 19.3 Å². The summed E-state index contributed by atoms with van der Waals surface area (Å²) in [5, 5.41) is 9.06. The zero-order chi connectivity index (χ0) is 18.2. The molecule has 3 N–H and O–H groups in total. The van der Waals surface area contributed by atoms with E-state index in [2.05, 4.69) is 20.9 Å². The van der Waals surface area contributed by atoms with Crippen molar-refractivity contribution in [3.63, 3.8) is 0 Å². The Labute approximate surface area is 167 Å². The molecule has 2 amide bonds. The highest BCUT2D eigenvalue weighted by Gasteiger charge is 2.21. The van der Waals surface area contributed by atoms with Crippen LogP contribution in [0.1, 0.15) is 44.9 Å². The molecule has 0 aliphatic carbocycles. The summed E-state index contributed by atoms with van der Waals surface area (Å²) in [5.74, 6) is 0.0360. The van der Waals surface area contributed by atoms with Gasteiger partial charge in [-0.05, 0) is 69.6 Å². The highest BCUT2D eigenvalue weighted by atomic mass is 35.5. The van der Waals surface area contributed by atoms with Crippen molar-refractivity contribution in [2.75, 3.05) is 36.8 Å². The molecule has 0 bridgehead atoms. The molecule has 3 rings (SSSR count). The van der Waals surface area contributed by atoms with Crippen molar-refractivity contribution in [1.29, 1.82) is 0 Å². The number of likely N-dealkylation sites (tertiary alicyclic amines) is 1. The van der Waals surface area contributed by atoms with Crippen LogP contribution in [0, 0.1) is 0 Å². The van der Waals surface area contributed by atoms with Crippen molar-refractivity contribution < 1.29 is 9.59 Å². The van der Waals surface area contributed by atoms with Crippen molar-refractivity contribution in [3.05, 3.63) is 24.3 Å². The van der Waals surface area contributed by atoms with E-state index >= 15 is 0 Å². The van der Waals surface area contributed by atoms with E-state index in [-0.39, 0.29) is 30.3 Å². The van der Waals surface area contributed by atoms with Gasteiger partial charge >= 0.3 is 0 Å².